The molecule has 1 heterocycles. The van der Waals surface area contributed by atoms with Crippen molar-refractivity contribution in [3.63, 3.8) is 0 Å². The van der Waals surface area contributed by atoms with Gasteiger partial charge < -0.3 is 4.74 Å². The number of allylic oxidation sites excluding steroid dienone is 1. The Morgan fingerprint density at radius 2 is 1.87 bits per heavy atom. The predicted molar refractivity (Wildman–Crippen MR) is 92.9 cm³/mol. The van der Waals surface area contributed by atoms with E-state index in [-0.39, 0.29) is 5.97 Å². The smallest absolute Gasteiger partial charge is 0.305 e. The molecule has 0 aliphatic rings. The monoisotopic (exact) mass is 309 g/mol. The van der Waals surface area contributed by atoms with Crippen LogP contribution in [0.15, 0.2) is 60.9 Å². The van der Waals surface area contributed by atoms with Crippen molar-refractivity contribution in [3.05, 3.63) is 72.1 Å². The van der Waals surface area contributed by atoms with Gasteiger partial charge in [-0.25, -0.2) is 0 Å². The summed E-state index contributed by atoms with van der Waals surface area (Å²) in [6.07, 6.45) is 9.15. The molecule has 0 N–H and O–H groups in total. The molecule has 0 unspecified atom stereocenters. The molecule has 0 spiro atoms. The molecule has 3 nitrogen and oxygen atoms in total. The highest BCUT2D eigenvalue weighted by Crippen LogP contribution is 2.23. The normalized spacial score (nSPS) is 11.3. The first-order chi connectivity index (χ1) is 11.3. The minimum atomic E-state index is -0.105. The Kier molecular flexibility index (Phi) is 7.05. The van der Waals surface area contributed by atoms with Crippen molar-refractivity contribution in [3.8, 4) is 0 Å². The van der Waals surface area contributed by atoms with Crippen LogP contribution in [-0.2, 0) is 9.53 Å². The second kappa shape index (κ2) is 9.57. The highest BCUT2D eigenvalue weighted by molar-refractivity contribution is 5.79. The van der Waals surface area contributed by atoms with Crippen LogP contribution in [0.5, 0.6) is 0 Å². The van der Waals surface area contributed by atoms with Crippen molar-refractivity contribution in [1.82, 2.24) is 4.98 Å². The molecule has 2 aromatic rings. The molecule has 0 fully saturated rings. The van der Waals surface area contributed by atoms with Gasteiger partial charge in [0.25, 0.3) is 0 Å². The number of pyridine rings is 1. The molecular formula is C20H23NO2. The Morgan fingerprint density at radius 1 is 1.09 bits per heavy atom. The maximum Gasteiger partial charge on any atom is 0.305 e. The predicted octanol–water partition coefficient (Wildman–Crippen LogP) is 4.64. The van der Waals surface area contributed by atoms with Crippen LogP contribution in [0.25, 0.3) is 5.57 Å². The maximum atomic E-state index is 11.3. The molecule has 0 saturated heterocycles. The molecule has 3 heteroatoms. The number of hydrogen-bond acceptors (Lipinski definition) is 3. The van der Waals surface area contributed by atoms with Gasteiger partial charge in [-0.05, 0) is 43.4 Å². The van der Waals surface area contributed by atoms with Crippen molar-refractivity contribution in [1.29, 1.82) is 0 Å². The summed E-state index contributed by atoms with van der Waals surface area (Å²) >= 11 is 0. The number of nitrogens with zero attached hydrogens (tertiary/aromatic N) is 1. The number of benzene rings is 1. The number of carbonyl (C=O) groups excluding carboxylic acids is 1. The van der Waals surface area contributed by atoms with Crippen molar-refractivity contribution >= 4 is 11.5 Å². The largest absolute Gasteiger partial charge is 0.466 e. The zero-order valence-electron chi connectivity index (χ0n) is 13.6. The van der Waals surface area contributed by atoms with E-state index >= 15 is 0 Å². The Morgan fingerprint density at radius 3 is 2.57 bits per heavy atom. The first kappa shape index (κ1) is 16.9. The third-order valence-corrected chi connectivity index (χ3v) is 3.55. The first-order valence-corrected chi connectivity index (χ1v) is 8.13. The highest BCUT2D eigenvalue weighted by atomic mass is 16.5. The fourth-order valence-corrected chi connectivity index (χ4v) is 2.44. The summed E-state index contributed by atoms with van der Waals surface area (Å²) in [7, 11) is 0. The number of rotatable bonds is 8. The lowest BCUT2D eigenvalue weighted by Gasteiger charge is -2.08. The van der Waals surface area contributed by atoms with Crippen molar-refractivity contribution in [2.75, 3.05) is 6.61 Å². The topological polar surface area (TPSA) is 39.2 Å². The van der Waals surface area contributed by atoms with Crippen molar-refractivity contribution < 1.29 is 9.53 Å². The highest BCUT2D eigenvalue weighted by Gasteiger charge is 2.05. The summed E-state index contributed by atoms with van der Waals surface area (Å²) in [5.41, 5.74) is 3.49. The summed E-state index contributed by atoms with van der Waals surface area (Å²) in [5, 5.41) is 0. The summed E-state index contributed by atoms with van der Waals surface area (Å²) in [5.74, 6) is -0.105. The van der Waals surface area contributed by atoms with Crippen LogP contribution in [0, 0.1) is 0 Å². The van der Waals surface area contributed by atoms with E-state index in [1.54, 1.807) is 6.20 Å². The standard InChI is InChI=1S/C20H23NO2/c1-2-23-20(22)14-8-4-7-13-19(17-10-5-3-6-11-17)18-12-9-15-21-16-18/h3,5-6,9-13,15-16H,2,4,7-8,14H2,1H3/b19-13-. The second-order valence-corrected chi connectivity index (χ2v) is 5.28. The fourth-order valence-electron chi connectivity index (χ4n) is 2.44. The zero-order valence-corrected chi connectivity index (χ0v) is 13.6. The lowest BCUT2D eigenvalue weighted by atomic mass is 9.97. The second-order valence-electron chi connectivity index (χ2n) is 5.28. The van der Waals surface area contributed by atoms with E-state index < -0.39 is 0 Å². The summed E-state index contributed by atoms with van der Waals surface area (Å²) in [4.78, 5) is 15.6. The van der Waals surface area contributed by atoms with Gasteiger partial charge in [0.1, 0.15) is 0 Å². The van der Waals surface area contributed by atoms with E-state index in [0.717, 1.165) is 24.8 Å². The van der Waals surface area contributed by atoms with Gasteiger partial charge >= 0.3 is 5.97 Å². The third kappa shape index (κ3) is 5.70. The van der Waals surface area contributed by atoms with Gasteiger partial charge in [-0.15, -0.1) is 0 Å². The van der Waals surface area contributed by atoms with Crippen LogP contribution < -0.4 is 0 Å². The Hall–Kier alpha value is -2.42. The molecule has 0 aliphatic carbocycles. The van der Waals surface area contributed by atoms with E-state index in [0.29, 0.717) is 13.0 Å². The minimum Gasteiger partial charge on any atom is -0.466 e. The summed E-state index contributed by atoms with van der Waals surface area (Å²) in [6.45, 7) is 2.29. The molecule has 1 aromatic heterocycles. The molecular weight excluding hydrogens is 286 g/mol. The van der Waals surface area contributed by atoms with E-state index in [9.17, 15) is 4.79 Å². The Labute approximate surface area is 138 Å². The lowest BCUT2D eigenvalue weighted by Crippen LogP contribution is -2.02. The van der Waals surface area contributed by atoms with Crippen molar-refractivity contribution in [2.24, 2.45) is 0 Å². The Bertz CT molecular complexity index is 579. The van der Waals surface area contributed by atoms with Gasteiger partial charge in [0.2, 0.25) is 0 Å². The summed E-state index contributed by atoms with van der Waals surface area (Å²) in [6, 6.07) is 14.3. The van der Waals surface area contributed by atoms with E-state index in [4.69, 9.17) is 4.74 Å². The quantitative estimate of drug-likeness (QED) is 0.527. The number of esters is 1. The fraction of sp³-hybridized carbons (Fsp3) is 0.300. The molecule has 0 amide bonds. The average Bonchev–Trinajstić information content (AvgIpc) is 2.60. The number of aromatic nitrogens is 1. The van der Waals surface area contributed by atoms with Gasteiger partial charge in [-0.1, -0.05) is 42.5 Å². The molecule has 1 aromatic carbocycles. The SMILES string of the molecule is CCOC(=O)CCCC/C=C(/c1ccccc1)c1cccnc1. The third-order valence-electron chi connectivity index (χ3n) is 3.55. The molecule has 0 bridgehead atoms. The average molecular weight is 309 g/mol. The van der Waals surface area contributed by atoms with E-state index in [1.807, 2.05) is 37.4 Å². The zero-order chi connectivity index (χ0) is 16.3. The maximum absolute atomic E-state index is 11.3. The van der Waals surface area contributed by atoms with E-state index in [1.165, 1.54) is 11.1 Å². The van der Waals surface area contributed by atoms with Crippen LogP contribution in [0.2, 0.25) is 0 Å². The number of unbranched alkanes of at least 4 members (excludes halogenated alkanes) is 2. The van der Waals surface area contributed by atoms with Crippen LogP contribution in [-0.4, -0.2) is 17.6 Å². The van der Waals surface area contributed by atoms with E-state index in [2.05, 4.69) is 29.3 Å². The molecule has 23 heavy (non-hydrogen) atoms. The molecule has 0 radical (unpaired) electrons. The van der Waals surface area contributed by atoms with Gasteiger partial charge in [-0.3, -0.25) is 9.78 Å². The van der Waals surface area contributed by atoms with Crippen molar-refractivity contribution in [2.45, 2.75) is 32.6 Å². The lowest BCUT2D eigenvalue weighted by molar-refractivity contribution is -0.143. The Balaban J connectivity index is 1.99. The van der Waals surface area contributed by atoms with Crippen LogP contribution in [0.1, 0.15) is 43.7 Å². The molecule has 2 rings (SSSR count). The molecule has 0 atom stereocenters. The van der Waals surface area contributed by atoms with Gasteiger partial charge in [0, 0.05) is 24.4 Å². The molecule has 0 saturated carbocycles. The van der Waals surface area contributed by atoms with Gasteiger partial charge in [-0.2, -0.15) is 0 Å². The van der Waals surface area contributed by atoms with Gasteiger partial charge in [0.15, 0.2) is 0 Å². The number of carbonyl (C=O) groups is 1. The van der Waals surface area contributed by atoms with Gasteiger partial charge in [0.05, 0.1) is 6.61 Å². The first-order valence-electron chi connectivity index (χ1n) is 8.13. The van der Waals surface area contributed by atoms with Crippen LogP contribution in [0.3, 0.4) is 0 Å². The summed E-state index contributed by atoms with van der Waals surface area (Å²) < 4.78 is 4.95. The molecule has 0 aliphatic heterocycles. The van der Waals surface area contributed by atoms with Crippen LogP contribution >= 0.6 is 0 Å². The molecule has 120 valence electrons. The number of hydrogen-bond donors (Lipinski definition) is 0. The minimum absolute atomic E-state index is 0.105. The van der Waals surface area contributed by atoms with Crippen LogP contribution in [0.4, 0.5) is 0 Å². The number of ether oxygens (including phenoxy) is 1.